The molecule has 0 saturated heterocycles. The van der Waals surface area contributed by atoms with Gasteiger partial charge < -0.3 is 0 Å². The summed E-state index contributed by atoms with van der Waals surface area (Å²) in [5, 5.41) is 1.13. The third-order valence-corrected chi connectivity index (χ3v) is 4.07. The van der Waals surface area contributed by atoms with Gasteiger partial charge in [0.05, 0.1) is 0 Å². The van der Waals surface area contributed by atoms with Crippen molar-refractivity contribution in [2.24, 2.45) is 0 Å². The molecule has 1 unspecified atom stereocenters. The molecule has 0 aliphatic carbocycles. The zero-order chi connectivity index (χ0) is 10.6. The van der Waals surface area contributed by atoms with E-state index in [9.17, 15) is 0 Å². The summed E-state index contributed by atoms with van der Waals surface area (Å²) < 4.78 is 0.328. The Morgan fingerprint density at radius 1 is 1.36 bits per heavy atom. The third-order valence-electron chi connectivity index (χ3n) is 1.77. The van der Waals surface area contributed by atoms with E-state index in [0.717, 1.165) is 11.0 Å². The molecule has 78 valence electrons. The molecule has 1 atom stereocenters. The fourth-order valence-electron chi connectivity index (χ4n) is 0.952. The van der Waals surface area contributed by atoms with E-state index >= 15 is 0 Å². The Morgan fingerprint density at radius 3 is 2.50 bits per heavy atom. The molecule has 14 heavy (non-hydrogen) atoms. The summed E-state index contributed by atoms with van der Waals surface area (Å²) in [5.74, 6) is 1.01. The monoisotopic (exact) mass is 271 g/mol. The van der Waals surface area contributed by atoms with Gasteiger partial charge in [-0.2, -0.15) is 0 Å². The topological polar surface area (TPSA) is 12.9 Å². The van der Waals surface area contributed by atoms with Crippen molar-refractivity contribution in [1.82, 2.24) is 4.98 Å². The fourth-order valence-corrected chi connectivity index (χ4v) is 2.21. The van der Waals surface area contributed by atoms with Crippen LogP contribution in [0.2, 0.25) is 0 Å². The normalized spacial score (nSPS) is 11.7. The van der Waals surface area contributed by atoms with E-state index in [1.807, 2.05) is 18.0 Å². The van der Waals surface area contributed by atoms with E-state index in [4.69, 9.17) is 0 Å². The number of rotatable bonds is 3. The zero-order valence-corrected chi connectivity index (χ0v) is 12.3. The van der Waals surface area contributed by atoms with E-state index in [2.05, 4.69) is 37.9 Å². The van der Waals surface area contributed by atoms with Crippen LogP contribution < -0.4 is 0 Å². The molecule has 0 spiro atoms. The van der Waals surface area contributed by atoms with Gasteiger partial charge in [-0.15, -0.1) is 0 Å². The van der Waals surface area contributed by atoms with Gasteiger partial charge in [0.25, 0.3) is 0 Å². The summed E-state index contributed by atoms with van der Waals surface area (Å²) in [6.07, 6.45) is 2.00. The summed E-state index contributed by atoms with van der Waals surface area (Å²) in [4.78, 5) is 4.44. The molecule has 1 nitrogen and oxygen atoms in total. The van der Waals surface area contributed by atoms with Crippen LogP contribution in [0.5, 0.6) is 0 Å². The average Bonchev–Trinajstić information content (AvgIpc) is 2.14. The summed E-state index contributed by atoms with van der Waals surface area (Å²) >= 11 is 3.68. The molecule has 0 aliphatic heterocycles. The number of thioether (sulfide) groups is 1. The van der Waals surface area contributed by atoms with Crippen LogP contribution in [0.1, 0.15) is 32.0 Å². The minimum atomic E-state index is 0.328. The van der Waals surface area contributed by atoms with E-state index < -0.39 is 0 Å². The molecule has 0 N–H and O–H groups in total. The zero-order valence-electron chi connectivity index (χ0n) is 9.08. The molecule has 0 aliphatic rings. The van der Waals surface area contributed by atoms with Gasteiger partial charge in [-0.3, -0.25) is 0 Å². The number of nitrogens with zero attached hydrogens (tertiary/aromatic N) is 1. The van der Waals surface area contributed by atoms with Crippen LogP contribution in [0.25, 0.3) is 0 Å². The quantitative estimate of drug-likeness (QED) is 0.782. The second-order valence-corrected chi connectivity index (χ2v) is 6.92. The standard InChI is InChI=1S/C11H18AsNS/c1-11(2,3)14-8-10-5-4-9(6-12)7-13-10/h4-5,7H,6,8,12H2,1-3H3. The second kappa shape index (κ2) is 5.23. The number of aromatic nitrogens is 1. The van der Waals surface area contributed by atoms with Crippen molar-refractivity contribution < 1.29 is 0 Å². The molecule has 1 rings (SSSR count). The summed E-state index contributed by atoms with van der Waals surface area (Å²) in [5.41, 5.74) is 2.53. The van der Waals surface area contributed by atoms with Crippen LogP contribution in [-0.4, -0.2) is 26.6 Å². The molecule has 1 aromatic heterocycles. The molecular formula is C11H18AsNS. The SMILES string of the molecule is CC(C)(C)SCc1ccc(C[AsH2])cn1. The maximum atomic E-state index is 4.44. The molecule has 0 aromatic carbocycles. The molecule has 0 bridgehead atoms. The van der Waals surface area contributed by atoms with Crippen LogP contribution in [0.15, 0.2) is 18.3 Å². The molecule has 0 amide bonds. The van der Waals surface area contributed by atoms with Gasteiger partial charge in [-0.05, 0) is 0 Å². The second-order valence-electron chi connectivity index (χ2n) is 4.26. The Kier molecular flexibility index (Phi) is 4.53. The number of hydrogen-bond donors (Lipinski definition) is 0. The average molecular weight is 271 g/mol. The van der Waals surface area contributed by atoms with Gasteiger partial charge in [0, 0.05) is 0 Å². The molecule has 1 aromatic rings. The van der Waals surface area contributed by atoms with Crippen LogP contribution in [0.4, 0.5) is 0 Å². The Morgan fingerprint density at radius 2 is 2.07 bits per heavy atom. The predicted molar refractivity (Wildman–Crippen MR) is 67.5 cm³/mol. The summed E-state index contributed by atoms with van der Waals surface area (Å²) in [6.45, 7) is 6.71. The van der Waals surface area contributed by atoms with Crippen molar-refractivity contribution in [1.29, 1.82) is 0 Å². The van der Waals surface area contributed by atoms with Crippen molar-refractivity contribution in [3.05, 3.63) is 29.6 Å². The Bertz CT molecular complexity index is 276. The molecule has 0 saturated carbocycles. The number of pyridine rings is 1. The first kappa shape index (κ1) is 12.1. The Hall–Kier alpha value is 0.0584. The maximum absolute atomic E-state index is 4.44. The van der Waals surface area contributed by atoms with Crippen molar-refractivity contribution in [3.8, 4) is 0 Å². The summed E-state index contributed by atoms with van der Waals surface area (Å²) in [6, 6.07) is 4.33. The first-order valence-electron chi connectivity index (χ1n) is 4.79. The van der Waals surface area contributed by atoms with E-state index in [-0.39, 0.29) is 0 Å². The van der Waals surface area contributed by atoms with Crippen molar-refractivity contribution in [3.63, 3.8) is 0 Å². The number of hydrogen-bond acceptors (Lipinski definition) is 2. The third kappa shape index (κ3) is 4.52. The van der Waals surface area contributed by atoms with Crippen LogP contribution in [0.3, 0.4) is 0 Å². The molecular weight excluding hydrogens is 253 g/mol. The Labute approximate surface area is 99.6 Å². The molecule has 1 heterocycles. The van der Waals surface area contributed by atoms with E-state index in [0.29, 0.717) is 4.75 Å². The molecule has 3 heteroatoms. The molecule has 0 radical (unpaired) electrons. The van der Waals surface area contributed by atoms with Gasteiger partial charge in [0.1, 0.15) is 0 Å². The van der Waals surface area contributed by atoms with Gasteiger partial charge in [0.15, 0.2) is 0 Å². The van der Waals surface area contributed by atoms with Crippen LogP contribution in [-0.2, 0) is 11.0 Å². The van der Waals surface area contributed by atoms with Gasteiger partial charge >= 0.3 is 99.7 Å². The van der Waals surface area contributed by atoms with Gasteiger partial charge in [-0.25, -0.2) is 0 Å². The first-order chi connectivity index (χ1) is 6.51. The van der Waals surface area contributed by atoms with Gasteiger partial charge in [0.2, 0.25) is 0 Å². The fraction of sp³-hybridized carbons (Fsp3) is 0.545. The van der Waals surface area contributed by atoms with Gasteiger partial charge in [-0.1, -0.05) is 0 Å². The van der Waals surface area contributed by atoms with Crippen molar-refractivity contribution in [2.75, 3.05) is 0 Å². The predicted octanol–water partition coefficient (Wildman–Crippen LogP) is 2.25. The van der Waals surface area contributed by atoms with Crippen molar-refractivity contribution >= 4 is 28.6 Å². The summed E-state index contributed by atoms with van der Waals surface area (Å²) in [7, 11) is 0. The van der Waals surface area contributed by atoms with Crippen LogP contribution >= 0.6 is 11.8 Å². The van der Waals surface area contributed by atoms with E-state index in [1.165, 1.54) is 11.3 Å². The van der Waals surface area contributed by atoms with E-state index in [1.54, 1.807) is 16.9 Å². The van der Waals surface area contributed by atoms with Crippen molar-refractivity contribution in [2.45, 2.75) is 36.5 Å². The Balaban J connectivity index is 2.52. The molecule has 0 fully saturated rings. The van der Waals surface area contributed by atoms with Crippen LogP contribution in [0, 0.1) is 0 Å². The first-order valence-corrected chi connectivity index (χ1v) is 7.49. The minimum absolute atomic E-state index is 0.328.